The van der Waals surface area contributed by atoms with Crippen LogP contribution in [-0.4, -0.2) is 28.3 Å². The summed E-state index contributed by atoms with van der Waals surface area (Å²) >= 11 is 0. The monoisotopic (exact) mass is 304 g/mol. The van der Waals surface area contributed by atoms with E-state index in [4.69, 9.17) is 5.73 Å². The number of halogens is 3. The number of hydrogen-bond donors (Lipinski definition) is 2. The molecular formula is C13H19F3N4O. The Bertz CT molecular complexity index is 514. The second-order valence-electron chi connectivity index (χ2n) is 5.45. The van der Waals surface area contributed by atoms with E-state index in [1.54, 1.807) is 7.05 Å². The Morgan fingerprint density at radius 3 is 2.86 bits per heavy atom. The number of nitrogens with one attached hydrogen (secondary N) is 1. The molecule has 2 rings (SSSR count). The van der Waals surface area contributed by atoms with Crippen molar-refractivity contribution in [3.8, 4) is 0 Å². The average molecular weight is 304 g/mol. The van der Waals surface area contributed by atoms with Crippen molar-refractivity contribution in [3.05, 3.63) is 18.0 Å². The zero-order valence-corrected chi connectivity index (χ0v) is 11.8. The smallest absolute Gasteiger partial charge is 0.368 e. The molecule has 21 heavy (non-hydrogen) atoms. The number of hydrogen-bond acceptors (Lipinski definition) is 3. The van der Waals surface area contributed by atoms with E-state index in [0.717, 1.165) is 25.2 Å². The van der Waals surface area contributed by atoms with Gasteiger partial charge in [0.25, 0.3) is 0 Å². The van der Waals surface area contributed by atoms with Gasteiger partial charge in [-0.1, -0.05) is 6.42 Å². The van der Waals surface area contributed by atoms with E-state index in [9.17, 15) is 18.0 Å². The van der Waals surface area contributed by atoms with Crippen molar-refractivity contribution in [2.75, 3.05) is 7.05 Å². The predicted molar refractivity (Wildman–Crippen MR) is 70.2 cm³/mol. The van der Waals surface area contributed by atoms with Crippen LogP contribution in [0.15, 0.2) is 12.4 Å². The average Bonchev–Trinajstić information content (AvgIpc) is 3.02. The fraction of sp³-hybridized carbons (Fsp3) is 0.692. The molecule has 0 aliphatic heterocycles. The van der Waals surface area contributed by atoms with Crippen molar-refractivity contribution >= 4 is 5.91 Å². The van der Waals surface area contributed by atoms with Gasteiger partial charge >= 0.3 is 6.18 Å². The van der Waals surface area contributed by atoms with E-state index in [-0.39, 0.29) is 5.92 Å². The highest BCUT2D eigenvalue weighted by molar-refractivity contribution is 5.85. The Labute approximate surface area is 120 Å². The lowest BCUT2D eigenvalue weighted by atomic mass is 9.84. The summed E-state index contributed by atoms with van der Waals surface area (Å²) in [6.45, 7) is 0.331. The van der Waals surface area contributed by atoms with Crippen LogP contribution in [0.25, 0.3) is 0 Å². The minimum absolute atomic E-state index is 0.0125. The van der Waals surface area contributed by atoms with Crippen LogP contribution in [0.1, 0.15) is 31.2 Å². The number of aromatic nitrogens is 2. The van der Waals surface area contributed by atoms with Crippen molar-refractivity contribution in [1.82, 2.24) is 15.1 Å². The van der Waals surface area contributed by atoms with Crippen molar-refractivity contribution in [2.45, 2.75) is 43.9 Å². The first-order chi connectivity index (χ1) is 9.79. The molecule has 118 valence electrons. The summed E-state index contributed by atoms with van der Waals surface area (Å²) in [5.41, 5.74) is 3.98. The maximum absolute atomic E-state index is 12.5. The summed E-state index contributed by atoms with van der Waals surface area (Å²) in [7, 11) is 1.69. The lowest BCUT2D eigenvalue weighted by molar-refractivity contribution is -0.137. The van der Waals surface area contributed by atoms with Gasteiger partial charge in [0.15, 0.2) is 0 Å². The van der Waals surface area contributed by atoms with Crippen LogP contribution in [0.2, 0.25) is 0 Å². The minimum atomic E-state index is -4.38. The second kappa shape index (κ2) is 5.67. The van der Waals surface area contributed by atoms with Crippen LogP contribution in [0, 0.1) is 5.92 Å². The summed E-state index contributed by atoms with van der Waals surface area (Å²) in [4.78, 5) is 11.7. The first-order valence-corrected chi connectivity index (χ1v) is 6.88. The molecule has 1 saturated carbocycles. The Hall–Kier alpha value is -1.57. The molecule has 1 fully saturated rings. The van der Waals surface area contributed by atoms with Gasteiger partial charge in [0, 0.05) is 12.7 Å². The molecule has 2 atom stereocenters. The van der Waals surface area contributed by atoms with Crippen LogP contribution in [0.3, 0.4) is 0 Å². The first-order valence-electron chi connectivity index (χ1n) is 6.88. The van der Waals surface area contributed by atoms with E-state index >= 15 is 0 Å². The van der Waals surface area contributed by atoms with Gasteiger partial charge in [-0.25, -0.2) is 0 Å². The third-order valence-corrected chi connectivity index (χ3v) is 4.37. The Morgan fingerprint density at radius 1 is 1.62 bits per heavy atom. The van der Waals surface area contributed by atoms with Gasteiger partial charge in [-0.15, -0.1) is 0 Å². The molecule has 8 heteroatoms. The van der Waals surface area contributed by atoms with Crippen LogP contribution < -0.4 is 11.1 Å². The molecule has 1 aromatic heterocycles. The second-order valence-corrected chi connectivity index (χ2v) is 5.45. The summed E-state index contributed by atoms with van der Waals surface area (Å²) in [6.07, 6.45) is 0.347. The molecule has 1 aliphatic carbocycles. The van der Waals surface area contributed by atoms with Gasteiger partial charge in [-0.2, -0.15) is 18.3 Å². The molecule has 5 nitrogen and oxygen atoms in total. The summed E-state index contributed by atoms with van der Waals surface area (Å²) in [5.74, 6) is -0.387. The molecule has 0 aromatic carbocycles. The third-order valence-electron chi connectivity index (χ3n) is 4.37. The number of carbonyl (C=O) groups is 1. The fourth-order valence-corrected chi connectivity index (χ4v) is 3.17. The van der Waals surface area contributed by atoms with Gasteiger partial charge in [-0.05, 0) is 32.2 Å². The van der Waals surface area contributed by atoms with Gasteiger partial charge in [0.05, 0.1) is 11.8 Å². The molecule has 1 aliphatic rings. The van der Waals surface area contributed by atoms with Crippen LogP contribution >= 0.6 is 0 Å². The zero-order chi connectivity index (χ0) is 15.7. The Balaban J connectivity index is 2.02. The number of nitrogens with two attached hydrogens (primary N) is 1. The van der Waals surface area contributed by atoms with Crippen molar-refractivity contribution in [2.24, 2.45) is 11.7 Å². The fourth-order valence-electron chi connectivity index (χ4n) is 3.17. The topological polar surface area (TPSA) is 72.9 Å². The van der Waals surface area contributed by atoms with Crippen LogP contribution in [0.5, 0.6) is 0 Å². The van der Waals surface area contributed by atoms with E-state index < -0.39 is 23.2 Å². The normalized spacial score (nSPS) is 26.2. The quantitative estimate of drug-likeness (QED) is 0.866. The molecular weight excluding hydrogens is 285 g/mol. The van der Waals surface area contributed by atoms with E-state index in [1.165, 1.54) is 4.68 Å². The van der Waals surface area contributed by atoms with E-state index in [0.29, 0.717) is 19.4 Å². The molecule has 2 unspecified atom stereocenters. The molecule has 0 saturated heterocycles. The molecule has 0 spiro atoms. The van der Waals surface area contributed by atoms with Crippen LogP contribution in [0.4, 0.5) is 13.2 Å². The van der Waals surface area contributed by atoms with Gasteiger partial charge in [0.1, 0.15) is 5.54 Å². The Morgan fingerprint density at radius 2 is 2.33 bits per heavy atom. The molecule has 1 aromatic rings. The largest absolute Gasteiger partial charge is 0.419 e. The predicted octanol–water partition coefficient (Wildman–Crippen LogP) is 1.54. The maximum Gasteiger partial charge on any atom is 0.419 e. The molecule has 1 heterocycles. The number of likely N-dealkylation sites (N-methyl/N-ethyl adjacent to an activating group) is 1. The number of amides is 1. The molecule has 3 N–H and O–H groups in total. The number of carbonyl (C=O) groups excluding carboxylic acids is 1. The summed E-state index contributed by atoms with van der Waals surface area (Å²) in [5, 5.41) is 6.73. The number of alkyl halides is 3. The maximum atomic E-state index is 12.5. The highest BCUT2D eigenvalue weighted by Gasteiger charge is 2.46. The minimum Gasteiger partial charge on any atom is -0.368 e. The van der Waals surface area contributed by atoms with Crippen molar-refractivity contribution in [1.29, 1.82) is 0 Å². The SMILES string of the molecule is CNC1(C(N)=O)CCCC1CCn1cc(C(F)(F)F)cn1. The number of aryl methyl sites for hydroxylation is 1. The highest BCUT2D eigenvalue weighted by Crippen LogP contribution is 2.38. The summed E-state index contributed by atoms with van der Waals surface area (Å²) < 4.78 is 38.8. The van der Waals surface area contributed by atoms with Gasteiger partial charge in [0.2, 0.25) is 5.91 Å². The van der Waals surface area contributed by atoms with Gasteiger partial charge < -0.3 is 11.1 Å². The summed E-state index contributed by atoms with van der Waals surface area (Å²) in [6, 6.07) is 0. The zero-order valence-electron chi connectivity index (χ0n) is 11.8. The lowest BCUT2D eigenvalue weighted by Gasteiger charge is -2.32. The third kappa shape index (κ3) is 3.04. The molecule has 1 amide bonds. The first kappa shape index (κ1) is 15.8. The molecule has 0 radical (unpaired) electrons. The molecule has 0 bridgehead atoms. The van der Waals surface area contributed by atoms with E-state index in [2.05, 4.69) is 10.4 Å². The van der Waals surface area contributed by atoms with Crippen molar-refractivity contribution < 1.29 is 18.0 Å². The number of primary amides is 1. The van der Waals surface area contributed by atoms with Crippen molar-refractivity contribution in [3.63, 3.8) is 0 Å². The number of rotatable bonds is 5. The lowest BCUT2D eigenvalue weighted by Crippen LogP contribution is -2.56. The number of nitrogens with zero attached hydrogens (tertiary/aromatic N) is 2. The van der Waals surface area contributed by atoms with Gasteiger partial charge in [-0.3, -0.25) is 9.48 Å². The van der Waals surface area contributed by atoms with E-state index in [1.807, 2.05) is 0 Å². The van der Waals surface area contributed by atoms with Crippen LogP contribution in [-0.2, 0) is 17.5 Å². The standard InChI is InChI=1S/C13H19F3N4O/c1-18-12(11(17)21)5-2-3-9(12)4-6-20-8-10(7-19-20)13(14,15)16/h7-9,18H,2-6H2,1H3,(H2,17,21). The highest BCUT2D eigenvalue weighted by atomic mass is 19.4. The Kier molecular flexibility index (Phi) is 4.27.